The van der Waals surface area contributed by atoms with Crippen LogP contribution >= 0.6 is 0 Å². The van der Waals surface area contributed by atoms with Crippen LogP contribution in [0.15, 0.2) is 36.9 Å². The lowest BCUT2D eigenvalue weighted by atomic mass is 9.77. The highest BCUT2D eigenvalue weighted by atomic mass is 16.2. The first kappa shape index (κ1) is 19.6. The highest BCUT2D eigenvalue weighted by Crippen LogP contribution is 2.36. The highest BCUT2D eigenvalue weighted by Gasteiger charge is 2.53. The van der Waals surface area contributed by atoms with Crippen molar-refractivity contribution in [3.8, 4) is 5.69 Å². The Morgan fingerprint density at radius 3 is 2.55 bits per heavy atom. The van der Waals surface area contributed by atoms with E-state index in [1.54, 1.807) is 11.0 Å². The number of amides is 3. The predicted molar refractivity (Wildman–Crippen MR) is 107 cm³/mol. The van der Waals surface area contributed by atoms with Gasteiger partial charge in [-0.25, -0.2) is 19.4 Å². The number of rotatable bonds is 5. The van der Waals surface area contributed by atoms with E-state index in [0.29, 0.717) is 12.6 Å². The Balaban J connectivity index is 1.42. The third-order valence-corrected chi connectivity index (χ3v) is 6.60. The van der Waals surface area contributed by atoms with Crippen LogP contribution in [0.1, 0.15) is 51.1 Å². The zero-order chi connectivity index (χ0) is 20.6. The third-order valence-electron chi connectivity index (χ3n) is 6.60. The maximum Gasteiger partial charge on any atom is 0.329 e. The molecular formula is C21H29N6O2+. The summed E-state index contributed by atoms with van der Waals surface area (Å²) in [6.45, 7) is 4.67. The average molecular weight is 398 g/mol. The zero-order valence-corrected chi connectivity index (χ0v) is 17.3. The van der Waals surface area contributed by atoms with Gasteiger partial charge >= 0.3 is 6.03 Å². The minimum Gasteiger partial charge on any atom is -0.323 e. The Morgan fingerprint density at radius 2 is 1.93 bits per heavy atom. The molecule has 1 saturated heterocycles. The smallest absolute Gasteiger partial charge is 0.323 e. The van der Waals surface area contributed by atoms with Crippen LogP contribution in [0.25, 0.3) is 5.69 Å². The van der Waals surface area contributed by atoms with Gasteiger partial charge in [-0.3, -0.25) is 4.79 Å². The molecule has 3 amide bonds. The van der Waals surface area contributed by atoms with E-state index in [0.717, 1.165) is 41.8 Å². The number of hydrogen-bond acceptors (Lipinski definition) is 4. The van der Waals surface area contributed by atoms with Gasteiger partial charge in [0.15, 0.2) is 6.67 Å². The van der Waals surface area contributed by atoms with E-state index in [4.69, 9.17) is 0 Å². The molecule has 2 aliphatic rings. The van der Waals surface area contributed by atoms with Crippen LogP contribution in [-0.2, 0) is 4.79 Å². The molecule has 1 aromatic carbocycles. The molecule has 1 aliphatic heterocycles. The van der Waals surface area contributed by atoms with Crippen LogP contribution in [0.5, 0.6) is 0 Å². The number of imide groups is 1. The first-order chi connectivity index (χ1) is 13.9. The van der Waals surface area contributed by atoms with E-state index in [9.17, 15) is 9.59 Å². The van der Waals surface area contributed by atoms with Gasteiger partial charge in [-0.2, -0.15) is 5.10 Å². The fourth-order valence-electron chi connectivity index (χ4n) is 4.34. The summed E-state index contributed by atoms with van der Waals surface area (Å²) >= 11 is 0. The van der Waals surface area contributed by atoms with Crippen molar-refractivity contribution < 1.29 is 14.5 Å². The standard InChI is InChI=1S/C21H28N6O2/c1-15-8-10-21(11-9-15)19(28)26(20(29)24-21)14-25(3)16(2)17-4-6-18(7-5-17)27-13-22-12-23-27/h4-7,12-13,15-16H,8-11,14H2,1-3H3,(H,24,29)/p+1/t15?,16-,21?/m1/s1. The second kappa shape index (κ2) is 7.59. The van der Waals surface area contributed by atoms with Gasteiger partial charge in [0.2, 0.25) is 0 Å². The normalized spacial score (nSPS) is 26.6. The van der Waals surface area contributed by atoms with Crippen LogP contribution in [0.2, 0.25) is 0 Å². The average Bonchev–Trinajstić information content (AvgIpc) is 3.34. The first-order valence-electron chi connectivity index (χ1n) is 10.3. The molecule has 154 valence electrons. The molecule has 1 saturated carbocycles. The summed E-state index contributed by atoms with van der Waals surface area (Å²) in [5, 5.41) is 7.14. The van der Waals surface area contributed by atoms with Crippen molar-refractivity contribution in [1.82, 2.24) is 25.0 Å². The minimum atomic E-state index is -0.674. The molecule has 1 aromatic heterocycles. The number of nitrogens with one attached hydrogen (secondary N) is 2. The van der Waals surface area contributed by atoms with E-state index in [2.05, 4.69) is 41.4 Å². The van der Waals surface area contributed by atoms with Gasteiger partial charge in [0.25, 0.3) is 5.91 Å². The fraction of sp³-hybridized carbons (Fsp3) is 0.524. The summed E-state index contributed by atoms with van der Waals surface area (Å²) in [7, 11) is 2.02. The summed E-state index contributed by atoms with van der Waals surface area (Å²) in [5.41, 5.74) is 1.41. The lowest BCUT2D eigenvalue weighted by Crippen LogP contribution is -3.10. The molecule has 0 bridgehead atoms. The van der Waals surface area contributed by atoms with Crippen LogP contribution in [0.3, 0.4) is 0 Å². The number of hydrogen-bond donors (Lipinski definition) is 2. The number of benzene rings is 1. The molecule has 0 radical (unpaired) electrons. The van der Waals surface area contributed by atoms with E-state index in [1.807, 2.05) is 19.2 Å². The van der Waals surface area contributed by atoms with Gasteiger partial charge in [0, 0.05) is 5.56 Å². The van der Waals surface area contributed by atoms with Crippen molar-refractivity contribution in [3.63, 3.8) is 0 Å². The van der Waals surface area contributed by atoms with Crippen molar-refractivity contribution in [2.24, 2.45) is 5.92 Å². The largest absolute Gasteiger partial charge is 0.329 e. The van der Waals surface area contributed by atoms with Crippen molar-refractivity contribution in [3.05, 3.63) is 42.5 Å². The quantitative estimate of drug-likeness (QED) is 0.745. The topological polar surface area (TPSA) is 84.6 Å². The zero-order valence-electron chi connectivity index (χ0n) is 17.3. The summed E-state index contributed by atoms with van der Waals surface area (Å²) < 4.78 is 1.71. The molecule has 8 heteroatoms. The second-order valence-electron chi connectivity index (χ2n) is 8.59. The molecule has 2 atom stereocenters. The van der Waals surface area contributed by atoms with E-state index < -0.39 is 5.54 Å². The maximum atomic E-state index is 13.1. The molecule has 29 heavy (non-hydrogen) atoms. The van der Waals surface area contributed by atoms with Crippen molar-refractivity contribution in [2.45, 2.75) is 51.1 Å². The maximum absolute atomic E-state index is 13.1. The fourth-order valence-corrected chi connectivity index (χ4v) is 4.34. The molecule has 1 unspecified atom stereocenters. The minimum absolute atomic E-state index is 0.0533. The number of carbonyl (C=O) groups excluding carboxylic acids is 2. The summed E-state index contributed by atoms with van der Waals surface area (Å²) in [6.07, 6.45) is 6.62. The molecule has 2 heterocycles. The van der Waals surface area contributed by atoms with Gasteiger partial charge in [-0.05, 0) is 50.7 Å². The second-order valence-corrected chi connectivity index (χ2v) is 8.59. The lowest BCUT2D eigenvalue weighted by molar-refractivity contribution is -0.917. The number of quaternary nitrogens is 1. The summed E-state index contributed by atoms with van der Waals surface area (Å²) in [4.78, 5) is 32.1. The Kier molecular flexibility index (Phi) is 5.12. The number of urea groups is 1. The van der Waals surface area contributed by atoms with Crippen LogP contribution in [-0.4, -0.2) is 50.9 Å². The van der Waals surface area contributed by atoms with Gasteiger partial charge < -0.3 is 10.2 Å². The van der Waals surface area contributed by atoms with Gasteiger partial charge in [-0.1, -0.05) is 19.1 Å². The molecular weight excluding hydrogens is 368 g/mol. The van der Waals surface area contributed by atoms with E-state index in [1.165, 1.54) is 11.2 Å². The molecule has 2 fully saturated rings. The number of nitrogens with zero attached hydrogens (tertiary/aromatic N) is 4. The monoisotopic (exact) mass is 397 g/mol. The molecule has 8 nitrogen and oxygen atoms in total. The molecule has 4 rings (SSSR count). The first-order valence-corrected chi connectivity index (χ1v) is 10.3. The molecule has 1 aliphatic carbocycles. The van der Waals surface area contributed by atoms with Crippen LogP contribution in [0.4, 0.5) is 4.79 Å². The molecule has 2 N–H and O–H groups in total. The van der Waals surface area contributed by atoms with Crippen molar-refractivity contribution in [1.29, 1.82) is 0 Å². The SMILES string of the molecule is CC1CCC2(CC1)NC(=O)N(C[NH+](C)[C@H](C)c1ccc(-n3cncn3)cc1)C2=O. The van der Waals surface area contributed by atoms with Crippen molar-refractivity contribution in [2.75, 3.05) is 13.7 Å². The summed E-state index contributed by atoms with van der Waals surface area (Å²) in [6, 6.07) is 7.99. The van der Waals surface area contributed by atoms with Crippen molar-refractivity contribution >= 4 is 11.9 Å². The Labute approximate surface area is 170 Å². The van der Waals surface area contributed by atoms with Gasteiger partial charge in [0.1, 0.15) is 24.2 Å². The Bertz CT molecular complexity index is 871. The Hall–Kier alpha value is -2.74. The molecule has 2 aromatic rings. The van der Waals surface area contributed by atoms with Gasteiger partial charge in [0.05, 0.1) is 12.7 Å². The Morgan fingerprint density at radius 1 is 1.24 bits per heavy atom. The van der Waals surface area contributed by atoms with E-state index in [-0.39, 0.29) is 18.0 Å². The lowest BCUT2D eigenvalue weighted by Gasteiger charge is -2.33. The van der Waals surface area contributed by atoms with Crippen LogP contribution in [0, 0.1) is 5.92 Å². The van der Waals surface area contributed by atoms with Gasteiger partial charge in [-0.15, -0.1) is 0 Å². The predicted octanol–water partition coefficient (Wildman–Crippen LogP) is 1.30. The van der Waals surface area contributed by atoms with E-state index >= 15 is 0 Å². The number of carbonyl (C=O) groups is 2. The molecule has 1 spiro atoms. The number of aromatic nitrogens is 3. The highest BCUT2D eigenvalue weighted by molar-refractivity contribution is 6.06. The van der Waals surface area contributed by atoms with Crippen LogP contribution < -0.4 is 10.2 Å². The summed E-state index contributed by atoms with van der Waals surface area (Å²) in [5.74, 6) is 0.565. The third kappa shape index (κ3) is 3.64.